The minimum Gasteiger partial charge on any atom is -0.486 e. The number of carbonyl (C=O) groups is 1. The molecule has 4 aromatic rings. The number of primary amides is 1. The van der Waals surface area contributed by atoms with Gasteiger partial charge in [-0.25, -0.2) is 4.98 Å². The summed E-state index contributed by atoms with van der Waals surface area (Å²) in [5.41, 5.74) is 8.30. The van der Waals surface area contributed by atoms with Crippen LogP contribution in [0.4, 0.5) is 5.69 Å². The third-order valence-electron chi connectivity index (χ3n) is 4.67. The number of ether oxygens (including phenoxy) is 1. The van der Waals surface area contributed by atoms with Crippen LogP contribution in [0.1, 0.15) is 10.4 Å². The fraction of sp³-hybridized carbons (Fsp3) is 0.167. The maximum absolute atomic E-state index is 11.7. The highest BCUT2D eigenvalue weighted by Gasteiger charge is 2.23. The number of aromatic nitrogens is 5. The second-order valence-corrected chi connectivity index (χ2v) is 6.33. The molecule has 5 rings (SSSR count). The van der Waals surface area contributed by atoms with Crippen LogP contribution in [0.15, 0.2) is 36.5 Å². The summed E-state index contributed by atoms with van der Waals surface area (Å²) in [7, 11) is 1.98. The van der Waals surface area contributed by atoms with Crippen molar-refractivity contribution in [3.8, 4) is 17.3 Å². The van der Waals surface area contributed by atoms with Gasteiger partial charge in [0, 0.05) is 12.4 Å². The van der Waals surface area contributed by atoms with Crippen LogP contribution in [0.2, 0.25) is 0 Å². The number of para-hydroxylation sites is 1. The molecule has 0 fully saturated rings. The minimum atomic E-state index is -0.528. The highest BCUT2D eigenvalue weighted by molar-refractivity contribution is 6.05. The van der Waals surface area contributed by atoms with E-state index in [1.54, 1.807) is 22.8 Å². The molecule has 9 heteroatoms. The van der Waals surface area contributed by atoms with Gasteiger partial charge in [-0.1, -0.05) is 18.2 Å². The Morgan fingerprint density at radius 2 is 2.11 bits per heavy atom. The van der Waals surface area contributed by atoms with Crippen LogP contribution in [0.5, 0.6) is 5.75 Å². The Balaban J connectivity index is 1.72. The quantitative estimate of drug-likeness (QED) is 0.572. The van der Waals surface area contributed by atoms with Crippen LogP contribution >= 0.6 is 0 Å². The van der Waals surface area contributed by atoms with Crippen LogP contribution in [-0.2, 0) is 0 Å². The molecular formula is C18H15N7O2. The lowest BCUT2D eigenvalue weighted by Crippen LogP contribution is -2.29. The highest BCUT2D eigenvalue weighted by atomic mass is 16.5. The summed E-state index contributed by atoms with van der Waals surface area (Å²) in [6.45, 7) is 1.36. The van der Waals surface area contributed by atoms with Crippen LogP contribution < -0.4 is 15.4 Å². The molecule has 0 unspecified atom stereocenters. The zero-order valence-electron chi connectivity index (χ0n) is 14.5. The standard InChI is InChI=1S/C18H15N7O2/c1-24-7-8-27-15-13(24)9-20-25-17(22-23-18(15)25)12-6-5-10-3-2-4-11(16(19)26)14(10)21-12/h2-6,9H,7-8H2,1H3,(H2,19,26). The van der Waals surface area contributed by atoms with Crippen molar-refractivity contribution in [3.63, 3.8) is 0 Å². The van der Waals surface area contributed by atoms with E-state index in [1.807, 2.05) is 25.2 Å². The van der Waals surface area contributed by atoms with Gasteiger partial charge in [0.15, 0.2) is 5.75 Å². The Morgan fingerprint density at radius 1 is 1.22 bits per heavy atom. The monoisotopic (exact) mass is 361 g/mol. The van der Waals surface area contributed by atoms with Crippen molar-refractivity contribution < 1.29 is 9.53 Å². The van der Waals surface area contributed by atoms with Crippen molar-refractivity contribution in [2.45, 2.75) is 0 Å². The second-order valence-electron chi connectivity index (χ2n) is 6.33. The average molecular weight is 361 g/mol. The van der Waals surface area contributed by atoms with E-state index < -0.39 is 5.91 Å². The van der Waals surface area contributed by atoms with E-state index in [9.17, 15) is 4.79 Å². The minimum absolute atomic E-state index is 0.360. The first-order valence-electron chi connectivity index (χ1n) is 8.42. The second kappa shape index (κ2) is 5.63. The Bertz CT molecular complexity index is 1220. The number of nitrogens with two attached hydrogens (primary N) is 1. The number of hydrogen-bond donors (Lipinski definition) is 1. The van der Waals surface area contributed by atoms with E-state index in [-0.39, 0.29) is 0 Å². The summed E-state index contributed by atoms with van der Waals surface area (Å²) in [6, 6.07) is 8.99. The molecule has 2 N–H and O–H groups in total. The Hall–Kier alpha value is -3.75. The number of fused-ring (bicyclic) bond motifs is 4. The molecule has 1 aliphatic rings. The van der Waals surface area contributed by atoms with E-state index in [0.29, 0.717) is 40.6 Å². The van der Waals surface area contributed by atoms with Crippen molar-refractivity contribution in [3.05, 3.63) is 42.1 Å². The van der Waals surface area contributed by atoms with Crippen LogP contribution in [0, 0.1) is 0 Å². The van der Waals surface area contributed by atoms with Gasteiger partial charge in [0.1, 0.15) is 18.0 Å². The average Bonchev–Trinajstić information content (AvgIpc) is 3.12. The van der Waals surface area contributed by atoms with Crippen LogP contribution in [0.3, 0.4) is 0 Å². The molecule has 4 heterocycles. The molecule has 1 aromatic carbocycles. The highest BCUT2D eigenvalue weighted by Crippen LogP contribution is 2.34. The molecule has 0 atom stereocenters. The molecule has 0 bridgehead atoms. The maximum atomic E-state index is 11.7. The lowest BCUT2D eigenvalue weighted by molar-refractivity contribution is 0.100. The summed E-state index contributed by atoms with van der Waals surface area (Å²) in [4.78, 5) is 18.4. The number of carbonyl (C=O) groups excluding carboxylic acids is 1. The molecule has 9 nitrogen and oxygen atoms in total. The zero-order valence-corrected chi connectivity index (χ0v) is 14.5. The lowest BCUT2D eigenvalue weighted by Gasteiger charge is -2.26. The van der Waals surface area contributed by atoms with Crippen molar-refractivity contribution in [2.24, 2.45) is 5.73 Å². The predicted octanol–water partition coefficient (Wildman–Crippen LogP) is 1.27. The van der Waals surface area contributed by atoms with Gasteiger partial charge in [-0.15, -0.1) is 10.2 Å². The van der Waals surface area contributed by atoms with Gasteiger partial charge in [-0.2, -0.15) is 9.61 Å². The Morgan fingerprint density at radius 3 is 2.96 bits per heavy atom. The summed E-state index contributed by atoms with van der Waals surface area (Å²) < 4.78 is 7.39. The molecule has 0 saturated heterocycles. The topological polar surface area (TPSA) is 112 Å². The van der Waals surface area contributed by atoms with E-state index in [0.717, 1.165) is 17.6 Å². The van der Waals surface area contributed by atoms with Crippen molar-refractivity contribution in [1.29, 1.82) is 0 Å². The molecule has 0 aliphatic carbocycles. The molecule has 1 aliphatic heterocycles. The number of pyridine rings is 1. The van der Waals surface area contributed by atoms with E-state index in [4.69, 9.17) is 10.5 Å². The number of rotatable bonds is 2. The van der Waals surface area contributed by atoms with Gasteiger partial charge in [0.2, 0.25) is 11.5 Å². The molecule has 1 amide bonds. The summed E-state index contributed by atoms with van der Waals surface area (Å²) in [5, 5.41) is 13.8. The molecule has 0 radical (unpaired) electrons. The summed E-state index contributed by atoms with van der Waals surface area (Å²) in [5.74, 6) is 0.585. The molecule has 0 saturated carbocycles. The normalized spacial score (nSPS) is 13.6. The van der Waals surface area contributed by atoms with Crippen molar-refractivity contribution in [1.82, 2.24) is 24.8 Å². The Kier molecular flexibility index (Phi) is 3.23. The first-order valence-corrected chi connectivity index (χ1v) is 8.42. The van der Waals surface area contributed by atoms with E-state index >= 15 is 0 Å². The Labute approximate surface area is 153 Å². The van der Waals surface area contributed by atoms with E-state index in [1.165, 1.54) is 0 Å². The van der Waals surface area contributed by atoms with Gasteiger partial charge < -0.3 is 15.4 Å². The number of amides is 1. The number of anilines is 1. The van der Waals surface area contributed by atoms with Gasteiger partial charge in [-0.05, 0) is 12.1 Å². The predicted molar refractivity (Wildman–Crippen MR) is 98.8 cm³/mol. The van der Waals surface area contributed by atoms with Crippen molar-refractivity contribution in [2.75, 3.05) is 25.1 Å². The van der Waals surface area contributed by atoms with Crippen LogP contribution in [-0.4, -0.2) is 50.9 Å². The largest absolute Gasteiger partial charge is 0.486 e. The lowest BCUT2D eigenvalue weighted by atomic mass is 10.1. The number of benzene rings is 1. The van der Waals surface area contributed by atoms with Gasteiger partial charge in [0.05, 0.1) is 23.8 Å². The first-order chi connectivity index (χ1) is 13.1. The molecule has 134 valence electrons. The molecule has 27 heavy (non-hydrogen) atoms. The number of hydrogen-bond acceptors (Lipinski definition) is 7. The summed E-state index contributed by atoms with van der Waals surface area (Å²) in [6.07, 6.45) is 1.73. The number of nitrogens with zero attached hydrogens (tertiary/aromatic N) is 6. The van der Waals surface area contributed by atoms with Crippen molar-refractivity contribution >= 4 is 28.1 Å². The van der Waals surface area contributed by atoms with Gasteiger partial charge in [0.25, 0.3) is 5.91 Å². The summed E-state index contributed by atoms with van der Waals surface area (Å²) >= 11 is 0. The molecule has 3 aromatic heterocycles. The first kappa shape index (κ1) is 15.5. The fourth-order valence-corrected chi connectivity index (χ4v) is 3.26. The maximum Gasteiger partial charge on any atom is 0.250 e. The molecule has 0 spiro atoms. The van der Waals surface area contributed by atoms with Gasteiger partial charge >= 0.3 is 0 Å². The fourth-order valence-electron chi connectivity index (χ4n) is 3.26. The SMILES string of the molecule is CN1CCOc2c1cnn1c(-c3ccc4cccc(C(N)=O)c4n3)nnc21. The smallest absolute Gasteiger partial charge is 0.250 e. The third-order valence-corrected chi connectivity index (χ3v) is 4.67. The third kappa shape index (κ3) is 2.28. The molecular weight excluding hydrogens is 346 g/mol. The van der Waals surface area contributed by atoms with Gasteiger partial charge in [-0.3, -0.25) is 4.79 Å². The van der Waals surface area contributed by atoms with E-state index in [2.05, 4.69) is 25.2 Å². The zero-order chi connectivity index (χ0) is 18.5. The number of likely N-dealkylation sites (N-methyl/N-ethyl adjacent to an activating group) is 1. The van der Waals surface area contributed by atoms with Crippen LogP contribution in [0.25, 0.3) is 28.1 Å².